The van der Waals surface area contributed by atoms with Gasteiger partial charge in [-0.15, -0.1) is 11.3 Å². The second-order valence-electron chi connectivity index (χ2n) is 6.53. The quantitative estimate of drug-likeness (QED) is 0.665. The van der Waals surface area contributed by atoms with Gasteiger partial charge < -0.3 is 15.4 Å². The normalized spacial score (nSPS) is 12.3. The van der Waals surface area contributed by atoms with Crippen molar-refractivity contribution in [1.82, 2.24) is 5.32 Å². The van der Waals surface area contributed by atoms with Crippen LogP contribution in [0.1, 0.15) is 37.6 Å². The van der Waals surface area contributed by atoms with Crippen molar-refractivity contribution in [3.63, 3.8) is 0 Å². The van der Waals surface area contributed by atoms with Gasteiger partial charge in [0.2, 0.25) is 0 Å². The van der Waals surface area contributed by atoms with Crippen molar-refractivity contribution in [3.05, 3.63) is 76.2 Å². The number of benzene rings is 2. The molecule has 2 amide bonds. The molecule has 0 bridgehead atoms. The van der Waals surface area contributed by atoms with Crippen LogP contribution in [0.5, 0.6) is 11.5 Å². The van der Waals surface area contributed by atoms with E-state index in [4.69, 9.17) is 4.74 Å². The predicted octanol–water partition coefficient (Wildman–Crippen LogP) is 4.64. The highest BCUT2D eigenvalue weighted by Crippen LogP contribution is 2.39. The maximum atomic E-state index is 12.7. The van der Waals surface area contributed by atoms with Gasteiger partial charge in [0.25, 0.3) is 11.8 Å². The summed E-state index contributed by atoms with van der Waals surface area (Å²) in [5, 5.41) is 6.22. The van der Waals surface area contributed by atoms with Crippen molar-refractivity contribution in [2.24, 2.45) is 0 Å². The van der Waals surface area contributed by atoms with Gasteiger partial charge in [-0.2, -0.15) is 0 Å². The number of anilines is 1. The third-order valence-corrected chi connectivity index (χ3v) is 5.91. The van der Waals surface area contributed by atoms with Crippen LogP contribution < -0.4 is 15.4 Å². The van der Waals surface area contributed by atoms with Gasteiger partial charge in [0, 0.05) is 17.5 Å². The molecule has 1 heterocycles. The fourth-order valence-corrected chi connectivity index (χ4v) is 4.61. The minimum atomic E-state index is -0.240. The van der Waals surface area contributed by atoms with Gasteiger partial charge in [0.1, 0.15) is 16.5 Å². The molecule has 0 saturated carbocycles. The molecule has 142 valence electrons. The first kappa shape index (κ1) is 18.3. The number of amides is 2. The minimum absolute atomic E-state index is 0.152. The van der Waals surface area contributed by atoms with E-state index >= 15 is 0 Å². The Morgan fingerprint density at radius 1 is 0.929 bits per heavy atom. The Balaban J connectivity index is 1.51. The molecule has 0 aliphatic heterocycles. The summed E-state index contributed by atoms with van der Waals surface area (Å²) in [5.41, 5.74) is 2.19. The molecule has 2 aromatic carbocycles. The zero-order valence-corrected chi connectivity index (χ0v) is 16.3. The fraction of sp³-hybridized carbons (Fsp3) is 0.182. The molecule has 2 N–H and O–H groups in total. The molecule has 0 saturated heterocycles. The number of carbonyl (C=O) groups is 2. The summed E-state index contributed by atoms with van der Waals surface area (Å²) in [6.45, 7) is 0. The summed E-state index contributed by atoms with van der Waals surface area (Å²) in [7, 11) is 1.61. The van der Waals surface area contributed by atoms with Crippen LogP contribution in [0.15, 0.2) is 54.6 Å². The van der Waals surface area contributed by atoms with Gasteiger partial charge in [-0.25, -0.2) is 0 Å². The first-order chi connectivity index (χ1) is 13.7. The predicted molar refractivity (Wildman–Crippen MR) is 111 cm³/mol. The lowest BCUT2D eigenvalue weighted by Crippen LogP contribution is -2.21. The number of aryl methyl sites for hydroxylation is 1. The number of rotatable bonds is 5. The van der Waals surface area contributed by atoms with Crippen LogP contribution in [0.25, 0.3) is 0 Å². The van der Waals surface area contributed by atoms with E-state index in [0.717, 1.165) is 30.6 Å². The van der Waals surface area contributed by atoms with Crippen molar-refractivity contribution in [2.45, 2.75) is 19.3 Å². The van der Waals surface area contributed by atoms with Gasteiger partial charge in [0.15, 0.2) is 0 Å². The SMILES string of the molecule is CNC(=O)c1c(NC(=O)c2ccc(Oc3ccccc3)cc2)sc2c1CCC2. The van der Waals surface area contributed by atoms with Crippen molar-refractivity contribution in [2.75, 3.05) is 12.4 Å². The molecule has 0 spiro atoms. The summed E-state index contributed by atoms with van der Waals surface area (Å²) in [6, 6.07) is 16.4. The van der Waals surface area contributed by atoms with Crippen LogP contribution in [0.3, 0.4) is 0 Å². The number of carbonyl (C=O) groups excluding carboxylic acids is 2. The summed E-state index contributed by atoms with van der Waals surface area (Å²) in [6.07, 6.45) is 2.91. The highest BCUT2D eigenvalue weighted by atomic mass is 32.1. The van der Waals surface area contributed by atoms with E-state index in [1.807, 2.05) is 30.3 Å². The van der Waals surface area contributed by atoms with E-state index in [1.54, 1.807) is 31.3 Å². The molecule has 1 aliphatic rings. The number of para-hydroxylation sites is 1. The van der Waals surface area contributed by atoms with Crippen molar-refractivity contribution >= 4 is 28.2 Å². The van der Waals surface area contributed by atoms with E-state index in [9.17, 15) is 9.59 Å². The van der Waals surface area contributed by atoms with Crippen molar-refractivity contribution in [3.8, 4) is 11.5 Å². The first-order valence-corrected chi connectivity index (χ1v) is 9.98. The second kappa shape index (κ2) is 7.86. The molecule has 28 heavy (non-hydrogen) atoms. The molecule has 4 rings (SSSR count). The Morgan fingerprint density at radius 3 is 2.36 bits per heavy atom. The standard InChI is InChI=1S/C22H20N2O3S/c1-23-21(26)19-17-8-5-9-18(17)28-22(19)24-20(25)14-10-12-16(13-11-14)27-15-6-3-2-4-7-15/h2-4,6-7,10-13H,5,8-9H2,1H3,(H,23,26)(H,24,25). The van der Waals surface area contributed by atoms with Crippen LogP contribution in [0.2, 0.25) is 0 Å². The third kappa shape index (κ3) is 3.64. The lowest BCUT2D eigenvalue weighted by Gasteiger charge is -2.09. The Kier molecular flexibility index (Phi) is 5.12. The number of thiophene rings is 1. The monoisotopic (exact) mass is 392 g/mol. The molecule has 6 heteroatoms. The molecule has 3 aromatic rings. The van der Waals surface area contributed by atoms with Crippen LogP contribution >= 0.6 is 11.3 Å². The Labute approximate surface area is 167 Å². The average molecular weight is 392 g/mol. The highest BCUT2D eigenvalue weighted by Gasteiger charge is 2.27. The minimum Gasteiger partial charge on any atom is -0.457 e. The van der Waals surface area contributed by atoms with E-state index in [1.165, 1.54) is 16.2 Å². The summed E-state index contributed by atoms with van der Waals surface area (Å²) in [5.74, 6) is 1.00. The second-order valence-corrected chi connectivity index (χ2v) is 7.64. The Bertz CT molecular complexity index is 1010. The maximum absolute atomic E-state index is 12.7. The lowest BCUT2D eigenvalue weighted by molar-refractivity contribution is 0.0963. The lowest BCUT2D eigenvalue weighted by atomic mass is 10.1. The smallest absolute Gasteiger partial charge is 0.256 e. The van der Waals surface area contributed by atoms with Gasteiger partial charge in [-0.3, -0.25) is 9.59 Å². The summed E-state index contributed by atoms with van der Waals surface area (Å²) >= 11 is 1.50. The molecule has 0 unspecified atom stereocenters. The van der Waals surface area contributed by atoms with Crippen molar-refractivity contribution < 1.29 is 14.3 Å². The Hall–Kier alpha value is -3.12. The zero-order chi connectivity index (χ0) is 19.5. The zero-order valence-electron chi connectivity index (χ0n) is 15.5. The van der Waals surface area contributed by atoms with Gasteiger partial charge in [-0.05, 0) is 61.2 Å². The summed E-state index contributed by atoms with van der Waals surface area (Å²) in [4.78, 5) is 26.2. The van der Waals surface area contributed by atoms with Gasteiger partial charge >= 0.3 is 0 Å². The molecular formula is C22H20N2O3S. The largest absolute Gasteiger partial charge is 0.457 e. The molecule has 0 atom stereocenters. The number of hydrogen-bond acceptors (Lipinski definition) is 4. The fourth-order valence-electron chi connectivity index (χ4n) is 3.33. The number of fused-ring (bicyclic) bond motifs is 1. The summed E-state index contributed by atoms with van der Waals surface area (Å²) < 4.78 is 5.76. The molecular weight excluding hydrogens is 372 g/mol. The molecule has 1 aliphatic carbocycles. The number of nitrogens with one attached hydrogen (secondary N) is 2. The average Bonchev–Trinajstić information content (AvgIpc) is 3.29. The third-order valence-electron chi connectivity index (χ3n) is 4.70. The highest BCUT2D eigenvalue weighted by molar-refractivity contribution is 7.17. The van der Waals surface area contributed by atoms with Crippen LogP contribution in [0.4, 0.5) is 5.00 Å². The van der Waals surface area contributed by atoms with E-state index in [2.05, 4.69) is 10.6 Å². The maximum Gasteiger partial charge on any atom is 0.256 e. The van der Waals surface area contributed by atoms with Gasteiger partial charge in [0.05, 0.1) is 5.56 Å². The van der Waals surface area contributed by atoms with Crippen LogP contribution in [0, 0.1) is 0 Å². The first-order valence-electron chi connectivity index (χ1n) is 9.16. The van der Waals surface area contributed by atoms with Crippen LogP contribution in [-0.2, 0) is 12.8 Å². The topological polar surface area (TPSA) is 67.4 Å². The van der Waals surface area contributed by atoms with Crippen LogP contribution in [-0.4, -0.2) is 18.9 Å². The van der Waals surface area contributed by atoms with Gasteiger partial charge in [-0.1, -0.05) is 18.2 Å². The van der Waals surface area contributed by atoms with E-state index < -0.39 is 0 Å². The molecule has 5 nitrogen and oxygen atoms in total. The molecule has 1 aromatic heterocycles. The van der Waals surface area contributed by atoms with Crippen molar-refractivity contribution in [1.29, 1.82) is 0 Å². The number of hydrogen-bond donors (Lipinski definition) is 2. The Morgan fingerprint density at radius 2 is 1.64 bits per heavy atom. The molecule has 0 radical (unpaired) electrons. The van der Waals surface area contributed by atoms with E-state index in [-0.39, 0.29) is 11.8 Å². The number of ether oxygens (including phenoxy) is 1. The van der Waals surface area contributed by atoms with E-state index in [0.29, 0.717) is 21.9 Å². The molecule has 0 fully saturated rings.